The Kier molecular flexibility index (Phi) is 4.57. The van der Waals surface area contributed by atoms with Gasteiger partial charge in [0, 0.05) is 5.39 Å². The summed E-state index contributed by atoms with van der Waals surface area (Å²) in [6.45, 7) is 6.59. The number of nitriles is 1. The number of tetrazole rings is 1. The molecule has 128 valence electrons. The predicted molar refractivity (Wildman–Crippen MR) is 93.5 cm³/mol. The zero-order chi connectivity index (χ0) is 17.9. The van der Waals surface area contributed by atoms with Crippen LogP contribution in [-0.2, 0) is 0 Å². The van der Waals surface area contributed by atoms with Crippen LogP contribution in [0.3, 0.4) is 0 Å². The van der Waals surface area contributed by atoms with Crippen LogP contribution in [0, 0.1) is 16.7 Å². The molecule has 0 radical (unpaired) electrons. The van der Waals surface area contributed by atoms with E-state index < -0.39 is 0 Å². The first-order chi connectivity index (χ1) is 12.0. The standard InChI is InChI=1S/C17H20N8/c1-17(2,3)7-6-13(16-22-24-25-23-16)21-15-12-5-4-11(9-18)8-14(12)19-10-20-15/h4-5,8,10,13H,6-7H2,1-3H3,(H,19,20,21)(H,22,23,24,25). The first kappa shape index (κ1) is 16.8. The fraction of sp³-hybridized carbons (Fsp3) is 0.412. The molecule has 2 aromatic heterocycles. The van der Waals surface area contributed by atoms with Crippen LogP contribution in [0.15, 0.2) is 24.5 Å². The summed E-state index contributed by atoms with van der Waals surface area (Å²) in [5.41, 5.74) is 1.48. The minimum absolute atomic E-state index is 0.119. The smallest absolute Gasteiger partial charge is 0.196 e. The zero-order valence-corrected chi connectivity index (χ0v) is 14.5. The van der Waals surface area contributed by atoms with Gasteiger partial charge in [0.05, 0.1) is 23.2 Å². The largest absolute Gasteiger partial charge is 0.359 e. The third kappa shape index (κ3) is 4.07. The molecule has 8 heteroatoms. The van der Waals surface area contributed by atoms with Crippen LogP contribution in [0.2, 0.25) is 0 Å². The molecule has 1 aromatic carbocycles. The Labute approximate surface area is 145 Å². The monoisotopic (exact) mass is 336 g/mol. The molecule has 0 aliphatic carbocycles. The molecule has 1 unspecified atom stereocenters. The molecule has 0 spiro atoms. The van der Waals surface area contributed by atoms with Gasteiger partial charge in [-0.1, -0.05) is 26.0 Å². The highest BCUT2D eigenvalue weighted by atomic mass is 15.5. The van der Waals surface area contributed by atoms with E-state index in [1.54, 1.807) is 12.1 Å². The second-order valence-corrected chi connectivity index (χ2v) is 7.13. The van der Waals surface area contributed by atoms with Crippen molar-refractivity contribution < 1.29 is 0 Å². The number of fused-ring (bicyclic) bond motifs is 1. The number of anilines is 1. The van der Waals surface area contributed by atoms with E-state index in [9.17, 15) is 0 Å². The van der Waals surface area contributed by atoms with Crippen LogP contribution >= 0.6 is 0 Å². The minimum atomic E-state index is -0.119. The number of nitrogens with one attached hydrogen (secondary N) is 2. The average molecular weight is 336 g/mol. The molecule has 1 atom stereocenters. The molecule has 0 saturated carbocycles. The molecule has 0 aliphatic heterocycles. The van der Waals surface area contributed by atoms with Gasteiger partial charge in [-0.25, -0.2) is 9.97 Å². The van der Waals surface area contributed by atoms with E-state index in [0.717, 1.165) is 23.7 Å². The minimum Gasteiger partial charge on any atom is -0.359 e. The molecule has 0 saturated heterocycles. The zero-order valence-electron chi connectivity index (χ0n) is 14.5. The molecule has 0 amide bonds. The number of hydrogen-bond donors (Lipinski definition) is 2. The number of rotatable bonds is 5. The SMILES string of the molecule is CC(C)(C)CCC(Nc1ncnc2cc(C#N)ccc12)c1nn[nH]n1. The Morgan fingerprint density at radius 1 is 1.28 bits per heavy atom. The third-order valence-electron chi connectivity index (χ3n) is 3.93. The Morgan fingerprint density at radius 2 is 2.12 bits per heavy atom. The Morgan fingerprint density at radius 3 is 2.80 bits per heavy atom. The summed E-state index contributed by atoms with van der Waals surface area (Å²) in [6.07, 6.45) is 3.31. The fourth-order valence-corrected chi connectivity index (χ4v) is 2.57. The molecule has 8 nitrogen and oxygen atoms in total. The maximum absolute atomic E-state index is 9.05. The van der Waals surface area contributed by atoms with Crippen LogP contribution < -0.4 is 5.32 Å². The summed E-state index contributed by atoms with van der Waals surface area (Å²) in [6, 6.07) is 7.37. The molecule has 0 aliphatic rings. The number of nitrogens with zero attached hydrogens (tertiary/aromatic N) is 6. The summed E-state index contributed by atoms with van der Waals surface area (Å²) >= 11 is 0. The van der Waals surface area contributed by atoms with Gasteiger partial charge in [0.25, 0.3) is 0 Å². The third-order valence-corrected chi connectivity index (χ3v) is 3.93. The second kappa shape index (κ2) is 6.81. The van der Waals surface area contributed by atoms with Gasteiger partial charge in [-0.05, 0) is 36.5 Å². The van der Waals surface area contributed by atoms with Gasteiger partial charge < -0.3 is 5.32 Å². The number of hydrogen-bond acceptors (Lipinski definition) is 7. The first-order valence-corrected chi connectivity index (χ1v) is 8.11. The summed E-state index contributed by atoms with van der Waals surface area (Å²) in [7, 11) is 0. The molecular formula is C17H20N8. The number of benzene rings is 1. The number of aromatic nitrogens is 6. The van der Waals surface area contributed by atoms with Gasteiger partial charge in [-0.15, -0.1) is 10.2 Å². The first-order valence-electron chi connectivity index (χ1n) is 8.11. The van der Waals surface area contributed by atoms with Gasteiger partial charge in [-0.2, -0.15) is 10.5 Å². The Bertz CT molecular complexity index is 889. The van der Waals surface area contributed by atoms with Crippen molar-refractivity contribution in [2.24, 2.45) is 5.41 Å². The van der Waals surface area contributed by atoms with Gasteiger partial charge >= 0.3 is 0 Å². The van der Waals surface area contributed by atoms with Gasteiger partial charge in [0.1, 0.15) is 12.1 Å². The second-order valence-electron chi connectivity index (χ2n) is 7.13. The molecular weight excluding hydrogens is 316 g/mol. The maximum Gasteiger partial charge on any atom is 0.196 e. The summed E-state index contributed by atoms with van der Waals surface area (Å²) in [4.78, 5) is 8.62. The van der Waals surface area contributed by atoms with Gasteiger partial charge in [-0.3, -0.25) is 0 Å². The molecule has 3 aromatic rings. The van der Waals surface area contributed by atoms with Crippen molar-refractivity contribution in [3.8, 4) is 6.07 Å². The lowest BCUT2D eigenvalue weighted by Crippen LogP contribution is -2.17. The lowest BCUT2D eigenvalue weighted by atomic mass is 9.88. The molecule has 2 N–H and O–H groups in total. The lowest BCUT2D eigenvalue weighted by molar-refractivity contribution is 0.352. The van der Waals surface area contributed by atoms with Crippen LogP contribution in [0.1, 0.15) is 51.0 Å². The summed E-state index contributed by atoms with van der Waals surface area (Å²) in [5, 5.41) is 27.7. The predicted octanol–water partition coefficient (Wildman–Crippen LogP) is 2.99. The Balaban J connectivity index is 1.91. The van der Waals surface area contributed by atoms with Crippen molar-refractivity contribution in [3.63, 3.8) is 0 Å². The van der Waals surface area contributed by atoms with E-state index in [-0.39, 0.29) is 11.5 Å². The van der Waals surface area contributed by atoms with E-state index in [0.29, 0.717) is 17.2 Å². The molecule has 3 rings (SSSR count). The quantitative estimate of drug-likeness (QED) is 0.735. The summed E-state index contributed by atoms with van der Waals surface area (Å²) < 4.78 is 0. The van der Waals surface area contributed by atoms with Crippen LogP contribution in [0.4, 0.5) is 5.82 Å². The van der Waals surface area contributed by atoms with Crippen molar-refractivity contribution in [3.05, 3.63) is 35.9 Å². The van der Waals surface area contributed by atoms with Crippen LogP contribution in [0.5, 0.6) is 0 Å². The molecule has 2 heterocycles. The fourth-order valence-electron chi connectivity index (χ4n) is 2.57. The van der Waals surface area contributed by atoms with Crippen molar-refractivity contribution in [1.29, 1.82) is 5.26 Å². The van der Waals surface area contributed by atoms with E-state index in [4.69, 9.17) is 5.26 Å². The molecule has 0 bridgehead atoms. The van der Waals surface area contributed by atoms with Gasteiger partial charge in [0.15, 0.2) is 5.82 Å². The van der Waals surface area contributed by atoms with E-state index in [2.05, 4.69) is 62.7 Å². The highest BCUT2D eigenvalue weighted by Crippen LogP contribution is 2.30. The number of aromatic amines is 1. The Hall–Kier alpha value is -3.08. The van der Waals surface area contributed by atoms with E-state index in [1.807, 2.05) is 6.07 Å². The van der Waals surface area contributed by atoms with Crippen LogP contribution in [-0.4, -0.2) is 30.6 Å². The van der Waals surface area contributed by atoms with Crippen LogP contribution in [0.25, 0.3) is 10.9 Å². The van der Waals surface area contributed by atoms with Crippen molar-refractivity contribution in [2.75, 3.05) is 5.32 Å². The highest BCUT2D eigenvalue weighted by molar-refractivity contribution is 5.89. The average Bonchev–Trinajstić information content (AvgIpc) is 3.11. The summed E-state index contributed by atoms with van der Waals surface area (Å²) in [5.74, 6) is 1.29. The molecule has 0 fully saturated rings. The van der Waals surface area contributed by atoms with Crippen molar-refractivity contribution in [1.82, 2.24) is 30.6 Å². The van der Waals surface area contributed by atoms with Gasteiger partial charge in [0.2, 0.25) is 0 Å². The van der Waals surface area contributed by atoms with Crippen molar-refractivity contribution >= 4 is 16.7 Å². The molecule has 25 heavy (non-hydrogen) atoms. The van der Waals surface area contributed by atoms with Crippen molar-refractivity contribution in [2.45, 2.75) is 39.7 Å². The maximum atomic E-state index is 9.05. The van der Waals surface area contributed by atoms with E-state index in [1.165, 1.54) is 6.33 Å². The normalized spacial score (nSPS) is 12.7. The number of H-pyrrole nitrogens is 1. The topological polar surface area (TPSA) is 116 Å². The highest BCUT2D eigenvalue weighted by Gasteiger charge is 2.21. The lowest BCUT2D eigenvalue weighted by Gasteiger charge is -2.22. The van der Waals surface area contributed by atoms with E-state index >= 15 is 0 Å².